The maximum atomic E-state index is 11.6. The van der Waals surface area contributed by atoms with Crippen LogP contribution >= 0.6 is 11.8 Å². The van der Waals surface area contributed by atoms with Gasteiger partial charge < -0.3 is 10.6 Å². The number of hydrogen-bond donors (Lipinski definition) is 2. The van der Waals surface area contributed by atoms with Crippen molar-refractivity contribution < 1.29 is 4.79 Å². The van der Waals surface area contributed by atoms with Crippen LogP contribution in [0.4, 0.5) is 0 Å². The van der Waals surface area contributed by atoms with Crippen LogP contribution in [-0.2, 0) is 4.79 Å². The van der Waals surface area contributed by atoms with E-state index >= 15 is 0 Å². The third-order valence-electron chi connectivity index (χ3n) is 3.28. The van der Waals surface area contributed by atoms with Gasteiger partial charge in [-0.1, -0.05) is 6.92 Å². The molecule has 2 aliphatic rings. The molecule has 2 unspecified atom stereocenters. The van der Waals surface area contributed by atoms with Gasteiger partial charge in [0, 0.05) is 17.3 Å². The van der Waals surface area contributed by atoms with Crippen LogP contribution in [0.15, 0.2) is 0 Å². The summed E-state index contributed by atoms with van der Waals surface area (Å²) in [5.41, 5.74) is 0. The summed E-state index contributed by atoms with van der Waals surface area (Å²) in [5, 5.41) is 7.16. The van der Waals surface area contributed by atoms with Gasteiger partial charge >= 0.3 is 0 Å². The summed E-state index contributed by atoms with van der Waals surface area (Å²) in [4.78, 5) is 11.6. The van der Waals surface area contributed by atoms with Crippen LogP contribution in [0.25, 0.3) is 0 Å². The summed E-state index contributed by atoms with van der Waals surface area (Å²) in [6, 6.07) is 1.05. The standard InChI is InChI=1S/C12H22N2OS/c1-2-16-11-6-5-10(7-11)14-12(15)8-13-9-3-4-9/h9-11,13H,2-8H2,1H3,(H,14,15). The molecule has 4 heteroatoms. The number of thioether (sulfide) groups is 1. The fourth-order valence-corrected chi connectivity index (χ4v) is 3.40. The first-order valence-corrected chi connectivity index (χ1v) is 7.47. The summed E-state index contributed by atoms with van der Waals surface area (Å²) in [5.74, 6) is 1.37. The summed E-state index contributed by atoms with van der Waals surface area (Å²) in [6.45, 7) is 2.71. The van der Waals surface area contributed by atoms with E-state index in [1.165, 1.54) is 25.0 Å². The molecule has 3 nitrogen and oxygen atoms in total. The largest absolute Gasteiger partial charge is 0.352 e. The molecule has 2 rings (SSSR count). The van der Waals surface area contributed by atoms with Gasteiger partial charge in [-0.2, -0.15) is 11.8 Å². The third kappa shape index (κ3) is 3.98. The zero-order chi connectivity index (χ0) is 11.4. The molecule has 0 aromatic heterocycles. The topological polar surface area (TPSA) is 41.1 Å². The highest BCUT2D eigenvalue weighted by Gasteiger charge is 2.26. The molecule has 0 aromatic rings. The Morgan fingerprint density at radius 2 is 2.00 bits per heavy atom. The van der Waals surface area contributed by atoms with E-state index in [0.29, 0.717) is 18.6 Å². The minimum absolute atomic E-state index is 0.180. The fraction of sp³-hybridized carbons (Fsp3) is 0.917. The monoisotopic (exact) mass is 242 g/mol. The van der Waals surface area contributed by atoms with Crippen LogP contribution in [-0.4, -0.2) is 35.5 Å². The van der Waals surface area contributed by atoms with Gasteiger partial charge in [-0.15, -0.1) is 0 Å². The lowest BCUT2D eigenvalue weighted by molar-refractivity contribution is -0.120. The number of carbonyl (C=O) groups is 1. The predicted octanol–water partition coefficient (Wildman–Crippen LogP) is 1.53. The molecule has 0 radical (unpaired) electrons. The Bertz CT molecular complexity index is 243. The van der Waals surface area contributed by atoms with Gasteiger partial charge in [0.15, 0.2) is 0 Å². The molecule has 0 aromatic carbocycles. The van der Waals surface area contributed by atoms with Crippen molar-refractivity contribution in [3.05, 3.63) is 0 Å². The van der Waals surface area contributed by atoms with Crippen molar-refractivity contribution in [2.24, 2.45) is 0 Å². The van der Waals surface area contributed by atoms with Crippen molar-refractivity contribution in [2.45, 2.75) is 56.4 Å². The number of hydrogen-bond acceptors (Lipinski definition) is 3. The molecule has 0 aliphatic heterocycles. The first-order valence-electron chi connectivity index (χ1n) is 6.42. The maximum absolute atomic E-state index is 11.6. The molecule has 2 atom stereocenters. The van der Waals surface area contributed by atoms with E-state index in [9.17, 15) is 4.79 Å². The van der Waals surface area contributed by atoms with Gasteiger partial charge in [0.2, 0.25) is 5.91 Å². The van der Waals surface area contributed by atoms with E-state index < -0.39 is 0 Å². The molecular formula is C12H22N2OS. The van der Waals surface area contributed by atoms with Crippen LogP contribution in [0.1, 0.15) is 39.0 Å². The fourth-order valence-electron chi connectivity index (χ4n) is 2.26. The molecule has 0 spiro atoms. The average molecular weight is 242 g/mol. The van der Waals surface area contributed by atoms with Gasteiger partial charge in [-0.3, -0.25) is 4.79 Å². The van der Waals surface area contributed by atoms with Crippen molar-refractivity contribution in [1.29, 1.82) is 0 Å². The number of carbonyl (C=O) groups excluding carboxylic acids is 1. The van der Waals surface area contributed by atoms with E-state index in [2.05, 4.69) is 17.6 Å². The lowest BCUT2D eigenvalue weighted by Crippen LogP contribution is -2.40. The molecule has 0 bridgehead atoms. The first kappa shape index (κ1) is 12.2. The van der Waals surface area contributed by atoms with Gasteiger partial charge in [-0.25, -0.2) is 0 Å². The normalized spacial score (nSPS) is 29.3. The molecule has 0 heterocycles. The highest BCUT2D eigenvalue weighted by Crippen LogP contribution is 2.29. The molecular weight excluding hydrogens is 220 g/mol. The zero-order valence-electron chi connectivity index (χ0n) is 10.00. The Balaban J connectivity index is 1.59. The van der Waals surface area contributed by atoms with E-state index in [0.717, 1.165) is 18.1 Å². The van der Waals surface area contributed by atoms with E-state index in [4.69, 9.17) is 0 Å². The van der Waals surface area contributed by atoms with Gasteiger partial charge in [0.1, 0.15) is 0 Å². The van der Waals surface area contributed by atoms with Crippen molar-refractivity contribution in [3.63, 3.8) is 0 Å². The van der Waals surface area contributed by atoms with Crippen molar-refractivity contribution in [3.8, 4) is 0 Å². The minimum Gasteiger partial charge on any atom is -0.352 e. The number of nitrogens with one attached hydrogen (secondary N) is 2. The van der Waals surface area contributed by atoms with E-state index in [1.807, 2.05) is 11.8 Å². The van der Waals surface area contributed by atoms with E-state index in [-0.39, 0.29) is 5.91 Å². The van der Waals surface area contributed by atoms with Gasteiger partial charge in [0.05, 0.1) is 6.54 Å². The van der Waals surface area contributed by atoms with Crippen molar-refractivity contribution >= 4 is 17.7 Å². The molecule has 2 aliphatic carbocycles. The third-order valence-corrected chi connectivity index (χ3v) is 4.51. The Morgan fingerprint density at radius 1 is 1.25 bits per heavy atom. The summed E-state index contributed by atoms with van der Waals surface area (Å²) >= 11 is 2.03. The Morgan fingerprint density at radius 3 is 2.69 bits per heavy atom. The molecule has 2 saturated carbocycles. The minimum atomic E-state index is 0.180. The highest BCUT2D eigenvalue weighted by atomic mass is 32.2. The first-order chi connectivity index (χ1) is 7.78. The summed E-state index contributed by atoms with van der Waals surface area (Å²) < 4.78 is 0. The number of amides is 1. The molecule has 2 fully saturated rings. The van der Waals surface area contributed by atoms with Crippen LogP contribution in [0.3, 0.4) is 0 Å². The smallest absolute Gasteiger partial charge is 0.234 e. The lowest BCUT2D eigenvalue weighted by Gasteiger charge is -2.13. The Labute approximate surface area is 102 Å². The van der Waals surface area contributed by atoms with Crippen LogP contribution in [0.2, 0.25) is 0 Å². The highest BCUT2D eigenvalue weighted by molar-refractivity contribution is 7.99. The summed E-state index contributed by atoms with van der Waals surface area (Å²) in [6.07, 6.45) is 6.07. The SMILES string of the molecule is CCSC1CCC(NC(=O)CNC2CC2)C1. The maximum Gasteiger partial charge on any atom is 0.234 e. The molecule has 1 amide bonds. The van der Waals surface area contributed by atoms with Gasteiger partial charge in [-0.05, 0) is 37.9 Å². The van der Waals surface area contributed by atoms with Crippen LogP contribution in [0, 0.1) is 0 Å². The molecule has 0 saturated heterocycles. The predicted molar refractivity (Wildman–Crippen MR) is 68.7 cm³/mol. The van der Waals surface area contributed by atoms with Crippen molar-refractivity contribution in [1.82, 2.24) is 10.6 Å². The second kappa shape index (κ2) is 5.92. The number of rotatable bonds is 6. The Kier molecular flexibility index (Phi) is 4.53. The second-order valence-corrected chi connectivity index (χ2v) is 6.39. The second-order valence-electron chi connectivity index (χ2n) is 4.81. The summed E-state index contributed by atoms with van der Waals surface area (Å²) in [7, 11) is 0. The van der Waals surface area contributed by atoms with Crippen LogP contribution < -0.4 is 10.6 Å². The average Bonchev–Trinajstić information content (AvgIpc) is 2.99. The lowest BCUT2D eigenvalue weighted by atomic mass is 10.2. The van der Waals surface area contributed by atoms with E-state index in [1.54, 1.807) is 0 Å². The molecule has 2 N–H and O–H groups in total. The zero-order valence-corrected chi connectivity index (χ0v) is 10.8. The molecule has 16 heavy (non-hydrogen) atoms. The Hall–Kier alpha value is -0.220. The van der Waals surface area contributed by atoms with Gasteiger partial charge in [0.25, 0.3) is 0 Å². The van der Waals surface area contributed by atoms with Crippen LogP contribution in [0.5, 0.6) is 0 Å². The molecule has 92 valence electrons. The van der Waals surface area contributed by atoms with Crippen molar-refractivity contribution in [2.75, 3.05) is 12.3 Å². The quantitative estimate of drug-likeness (QED) is 0.742.